The summed E-state index contributed by atoms with van der Waals surface area (Å²) < 4.78 is 24.0. The second kappa shape index (κ2) is 9.90. The number of hydrogen-bond donors (Lipinski definition) is 1. The third kappa shape index (κ3) is 5.93. The molecule has 1 N–H and O–H groups in total. The van der Waals surface area contributed by atoms with E-state index >= 15 is 0 Å². The summed E-state index contributed by atoms with van der Waals surface area (Å²) in [6.07, 6.45) is 0. The van der Waals surface area contributed by atoms with Crippen molar-refractivity contribution in [2.24, 2.45) is 0 Å². The van der Waals surface area contributed by atoms with Crippen LogP contribution < -0.4 is 10.1 Å². The maximum atomic E-state index is 12.9. The number of thioether (sulfide) groups is 1. The fourth-order valence-corrected chi connectivity index (χ4v) is 3.39. The van der Waals surface area contributed by atoms with E-state index in [-0.39, 0.29) is 18.3 Å². The van der Waals surface area contributed by atoms with Gasteiger partial charge in [-0.1, -0.05) is 42.1 Å². The van der Waals surface area contributed by atoms with E-state index in [1.54, 1.807) is 12.1 Å². The number of benzene rings is 3. The van der Waals surface area contributed by atoms with Gasteiger partial charge in [0.1, 0.15) is 11.6 Å². The van der Waals surface area contributed by atoms with Crippen molar-refractivity contribution in [1.82, 2.24) is 10.2 Å². The van der Waals surface area contributed by atoms with E-state index in [1.807, 2.05) is 42.5 Å². The number of nitrogens with one attached hydrogen (secondary N) is 1. The van der Waals surface area contributed by atoms with Crippen LogP contribution in [-0.4, -0.2) is 16.1 Å². The SMILES string of the molecule is O=C(Nc1ccccc1)c1ccc(CSc2nnc(COc3ccc(F)cc3)o2)cc1. The summed E-state index contributed by atoms with van der Waals surface area (Å²) in [5.74, 6) is 0.979. The molecule has 0 aliphatic rings. The molecular formula is C23H18FN3O3S. The second-order valence-electron chi connectivity index (χ2n) is 6.51. The fraction of sp³-hybridized carbons (Fsp3) is 0.0870. The Morgan fingerprint density at radius 3 is 2.45 bits per heavy atom. The molecule has 0 bridgehead atoms. The van der Waals surface area contributed by atoms with Gasteiger partial charge in [-0.05, 0) is 54.1 Å². The van der Waals surface area contributed by atoms with Gasteiger partial charge in [0.25, 0.3) is 17.0 Å². The molecule has 0 saturated carbocycles. The van der Waals surface area contributed by atoms with Crippen LogP contribution in [0.4, 0.5) is 10.1 Å². The van der Waals surface area contributed by atoms with Crippen LogP contribution in [0.1, 0.15) is 21.8 Å². The Morgan fingerprint density at radius 1 is 0.968 bits per heavy atom. The van der Waals surface area contributed by atoms with Crippen LogP contribution in [0.2, 0.25) is 0 Å². The maximum Gasteiger partial charge on any atom is 0.277 e. The molecule has 0 radical (unpaired) electrons. The number of amides is 1. The zero-order valence-electron chi connectivity index (χ0n) is 16.3. The molecule has 1 amide bonds. The number of hydrogen-bond acceptors (Lipinski definition) is 6. The van der Waals surface area contributed by atoms with Gasteiger partial charge in [-0.25, -0.2) is 4.39 Å². The van der Waals surface area contributed by atoms with Crippen molar-refractivity contribution in [3.8, 4) is 5.75 Å². The molecule has 156 valence electrons. The monoisotopic (exact) mass is 435 g/mol. The molecule has 4 rings (SSSR count). The van der Waals surface area contributed by atoms with E-state index in [0.717, 1.165) is 11.3 Å². The lowest BCUT2D eigenvalue weighted by atomic mass is 10.1. The van der Waals surface area contributed by atoms with Crippen molar-refractivity contribution < 1.29 is 18.3 Å². The molecule has 0 saturated heterocycles. The first-order chi connectivity index (χ1) is 15.2. The number of carbonyl (C=O) groups is 1. The lowest BCUT2D eigenvalue weighted by molar-refractivity contribution is 0.102. The molecule has 0 atom stereocenters. The largest absolute Gasteiger partial charge is 0.484 e. The molecular weight excluding hydrogens is 417 g/mol. The number of para-hydroxylation sites is 1. The Bertz CT molecular complexity index is 1130. The first-order valence-corrected chi connectivity index (χ1v) is 10.4. The fourth-order valence-electron chi connectivity index (χ4n) is 2.65. The van der Waals surface area contributed by atoms with E-state index in [0.29, 0.717) is 28.2 Å². The third-order valence-electron chi connectivity index (χ3n) is 4.23. The summed E-state index contributed by atoms with van der Waals surface area (Å²) in [5, 5.41) is 11.2. The van der Waals surface area contributed by atoms with Crippen molar-refractivity contribution in [3.63, 3.8) is 0 Å². The van der Waals surface area contributed by atoms with Crippen LogP contribution in [0, 0.1) is 5.82 Å². The molecule has 4 aromatic rings. The van der Waals surface area contributed by atoms with Crippen LogP contribution in [0.15, 0.2) is 88.5 Å². The molecule has 0 spiro atoms. The average Bonchev–Trinajstić information content (AvgIpc) is 3.26. The number of carbonyl (C=O) groups excluding carboxylic acids is 1. The van der Waals surface area contributed by atoms with Gasteiger partial charge >= 0.3 is 0 Å². The highest BCUT2D eigenvalue weighted by atomic mass is 32.2. The van der Waals surface area contributed by atoms with Gasteiger partial charge in [-0.15, -0.1) is 10.2 Å². The van der Waals surface area contributed by atoms with Crippen LogP contribution in [0.5, 0.6) is 5.75 Å². The van der Waals surface area contributed by atoms with Gasteiger partial charge in [-0.3, -0.25) is 4.79 Å². The van der Waals surface area contributed by atoms with Crippen LogP contribution in [0.25, 0.3) is 0 Å². The van der Waals surface area contributed by atoms with Gasteiger partial charge in [0.15, 0.2) is 6.61 Å². The van der Waals surface area contributed by atoms with Crippen molar-refractivity contribution in [3.05, 3.63) is 102 Å². The first kappa shape index (κ1) is 20.6. The van der Waals surface area contributed by atoms with Crippen molar-refractivity contribution in [2.75, 3.05) is 5.32 Å². The maximum absolute atomic E-state index is 12.9. The molecule has 0 unspecified atom stereocenters. The van der Waals surface area contributed by atoms with E-state index in [1.165, 1.54) is 36.0 Å². The van der Waals surface area contributed by atoms with Gasteiger partial charge in [0, 0.05) is 17.0 Å². The topological polar surface area (TPSA) is 77.2 Å². The van der Waals surface area contributed by atoms with Gasteiger partial charge in [0.05, 0.1) is 0 Å². The predicted octanol–water partition coefficient (Wildman–Crippen LogP) is 5.33. The Labute approximate surface area is 182 Å². The van der Waals surface area contributed by atoms with Gasteiger partial charge in [0.2, 0.25) is 0 Å². The van der Waals surface area contributed by atoms with E-state index in [9.17, 15) is 9.18 Å². The van der Waals surface area contributed by atoms with Crippen molar-refractivity contribution in [1.29, 1.82) is 0 Å². The molecule has 0 aliphatic carbocycles. The van der Waals surface area contributed by atoms with Crippen LogP contribution >= 0.6 is 11.8 Å². The summed E-state index contributed by atoms with van der Waals surface area (Å²) in [6.45, 7) is 0.102. The Hall–Kier alpha value is -3.65. The first-order valence-electron chi connectivity index (χ1n) is 9.44. The van der Waals surface area contributed by atoms with E-state index < -0.39 is 0 Å². The average molecular weight is 435 g/mol. The smallest absolute Gasteiger partial charge is 0.277 e. The molecule has 1 aromatic heterocycles. The van der Waals surface area contributed by atoms with Crippen LogP contribution in [0.3, 0.4) is 0 Å². The summed E-state index contributed by atoms with van der Waals surface area (Å²) in [7, 11) is 0. The summed E-state index contributed by atoms with van der Waals surface area (Å²) in [4.78, 5) is 12.3. The molecule has 0 aliphatic heterocycles. The quantitative estimate of drug-likeness (QED) is 0.377. The number of anilines is 1. The minimum Gasteiger partial charge on any atom is -0.484 e. The minimum atomic E-state index is -0.325. The lowest BCUT2D eigenvalue weighted by Gasteiger charge is -2.06. The van der Waals surface area contributed by atoms with E-state index in [4.69, 9.17) is 9.15 Å². The lowest BCUT2D eigenvalue weighted by Crippen LogP contribution is -2.11. The molecule has 0 fully saturated rings. The zero-order chi connectivity index (χ0) is 21.5. The van der Waals surface area contributed by atoms with E-state index in [2.05, 4.69) is 15.5 Å². The highest BCUT2D eigenvalue weighted by Crippen LogP contribution is 2.22. The Kier molecular flexibility index (Phi) is 6.59. The number of aromatic nitrogens is 2. The Balaban J connectivity index is 1.26. The molecule has 1 heterocycles. The predicted molar refractivity (Wildman–Crippen MR) is 115 cm³/mol. The van der Waals surface area contributed by atoms with Crippen molar-refractivity contribution in [2.45, 2.75) is 17.6 Å². The molecule has 8 heteroatoms. The number of nitrogens with zero attached hydrogens (tertiary/aromatic N) is 2. The summed E-state index contributed by atoms with van der Waals surface area (Å²) in [5.41, 5.74) is 2.35. The molecule has 3 aromatic carbocycles. The molecule has 31 heavy (non-hydrogen) atoms. The zero-order valence-corrected chi connectivity index (χ0v) is 17.1. The highest BCUT2D eigenvalue weighted by molar-refractivity contribution is 7.98. The number of halogens is 1. The van der Waals surface area contributed by atoms with Crippen LogP contribution in [-0.2, 0) is 12.4 Å². The third-order valence-corrected chi connectivity index (χ3v) is 5.12. The van der Waals surface area contributed by atoms with Gasteiger partial charge < -0.3 is 14.5 Å². The normalized spacial score (nSPS) is 10.6. The Morgan fingerprint density at radius 2 is 1.71 bits per heavy atom. The van der Waals surface area contributed by atoms with Crippen molar-refractivity contribution >= 4 is 23.4 Å². The standard InChI is InChI=1S/C23H18FN3O3S/c24-18-10-12-20(13-11-18)29-14-21-26-27-23(30-21)31-15-16-6-8-17(9-7-16)22(28)25-19-4-2-1-3-5-19/h1-13H,14-15H2,(H,25,28). The number of ether oxygens (including phenoxy) is 1. The van der Waals surface area contributed by atoms with Gasteiger partial charge in [-0.2, -0.15) is 0 Å². The minimum absolute atomic E-state index is 0.102. The summed E-state index contributed by atoms with van der Waals surface area (Å²) in [6, 6.07) is 22.4. The highest BCUT2D eigenvalue weighted by Gasteiger charge is 2.09. The second-order valence-corrected chi connectivity index (χ2v) is 7.44. The summed E-state index contributed by atoms with van der Waals surface area (Å²) >= 11 is 1.39. The number of rotatable bonds is 8. The molecule has 6 nitrogen and oxygen atoms in total.